The minimum Gasteiger partial charge on any atom is -0.291 e. The molecule has 0 spiro atoms. The minimum absolute atomic E-state index is 0.217. The van der Waals surface area contributed by atoms with E-state index in [1.807, 2.05) is 6.92 Å². The van der Waals surface area contributed by atoms with Crippen molar-refractivity contribution in [1.82, 2.24) is 24.2 Å². The molecule has 0 saturated carbocycles. The third-order valence-corrected chi connectivity index (χ3v) is 6.39. The summed E-state index contributed by atoms with van der Waals surface area (Å²) in [5, 5.41) is 10.4. The molecule has 0 saturated heterocycles. The van der Waals surface area contributed by atoms with Crippen LogP contribution in [0.1, 0.15) is 30.8 Å². The molecule has 4 rings (SSSR count). The lowest BCUT2D eigenvalue weighted by Gasteiger charge is -2.16. The molecule has 6 nitrogen and oxygen atoms in total. The van der Waals surface area contributed by atoms with Crippen LogP contribution >= 0.6 is 11.9 Å². The number of benzene rings is 1. The fourth-order valence-electron chi connectivity index (χ4n) is 3.59. The number of nitrogens with zero attached hydrogens (tertiary/aromatic N) is 5. The van der Waals surface area contributed by atoms with Crippen LogP contribution in [0.3, 0.4) is 0 Å². The molecule has 0 aliphatic rings. The number of nitrogens with one attached hydrogen (secondary N) is 1. The first-order chi connectivity index (χ1) is 16.6. The lowest BCUT2D eigenvalue weighted by atomic mass is 10.1. The van der Waals surface area contributed by atoms with Gasteiger partial charge >= 0.3 is 6.18 Å². The Labute approximate surface area is 203 Å². The van der Waals surface area contributed by atoms with Crippen molar-refractivity contribution < 1.29 is 17.6 Å². The van der Waals surface area contributed by atoms with E-state index in [0.29, 0.717) is 50.8 Å². The molecule has 1 unspecified atom stereocenters. The van der Waals surface area contributed by atoms with E-state index in [-0.39, 0.29) is 5.56 Å². The first-order valence-corrected chi connectivity index (χ1v) is 11.5. The summed E-state index contributed by atoms with van der Waals surface area (Å²) in [5.41, 5.74) is 2.09. The number of pyridine rings is 1. The van der Waals surface area contributed by atoms with E-state index in [1.54, 1.807) is 42.0 Å². The van der Waals surface area contributed by atoms with Crippen molar-refractivity contribution >= 4 is 22.9 Å². The second-order valence-electron chi connectivity index (χ2n) is 7.81. The van der Waals surface area contributed by atoms with Crippen LogP contribution in [0.15, 0.2) is 47.6 Å². The molecular weight excluding hydrogens is 480 g/mol. The van der Waals surface area contributed by atoms with E-state index in [0.717, 1.165) is 18.9 Å². The first kappa shape index (κ1) is 24.6. The van der Waals surface area contributed by atoms with Gasteiger partial charge in [-0.05, 0) is 68.1 Å². The smallest absolute Gasteiger partial charge is 0.291 e. The molecular formula is C24H20F4N6S. The first-order valence-electron chi connectivity index (χ1n) is 10.7. The van der Waals surface area contributed by atoms with Crippen molar-refractivity contribution in [3.8, 4) is 23.3 Å². The van der Waals surface area contributed by atoms with E-state index in [1.165, 1.54) is 12.3 Å². The molecule has 1 N–H and O–H groups in total. The van der Waals surface area contributed by atoms with Gasteiger partial charge in [0.05, 0.1) is 22.5 Å². The highest BCUT2D eigenvalue weighted by Crippen LogP contribution is 2.36. The number of hydrogen-bond donors (Lipinski definition) is 1. The highest BCUT2D eigenvalue weighted by atomic mass is 32.2. The number of alkyl halides is 3. The fraction of sp³-hybridized carbons (Fsp3) is 0.250. The van der Waals surface area contributed by atoms with E-state index in [4.69, 9.17) is 0 Å². The average Bonchev–Trinajstić information content (AvgIpc) is 3.14. The molecule has 0 radical (unpaired) electrons. The van der Waals surface area contributed by atoms with Gasteiger partial charge in [0.25, 0.3) is 0 Å². The van der Waals surface area contributed by atoms with E-state index in [9.17, 15) is 22.8 Å². The number of halogens is 4. The summed E-state index contributed by atoms with van der Waals surface area (Å²) in [5.74, 6) is 0.577. The predicted octanol–water partition coefficient (Wildman–Crippen LogP) is 5.91. The maximum atomic E-state index is 14.7. The molecule has 1 atom stereocenters. The Balaban J connectivity index is 1.87. The van der Waals surface area contributed by atoms with Gasteiger partial charge in [-0.1, -0.05) is 6.92 Å². The van der Waals surface area contributed by atoms with Gasteiger partial charge in [0.15, 0.2) is 0 Å². The monoisotopic (exact) mass is 500 g/mol. The highest BCUT2D eigenvalue weighted by molar-refractivity contribution is 7.97. The molecule has 35 heavy (non-hydrogen) atoms. The van der Waals surface area contributed by atoms with Crippen molar-refractivity contribution in [2.45, 2.75) is 44.3 Å². The molecule has 3 aromatic heterocycles. The molecule has 0 aliphatic carbocycles. The molecule has 0 bridgehead atoms. The van der Waals surface area contributed by atoms with Gasteiger partial charge < -0.3 is 0 Å². The molecule has 180 valence electrons. The largest absolute Gasteiger partial charge is 0.404 e. The van der Waals surface area contributed by atoms with Gasteiger partial charge in [-0.2, -0.15) is 18.4 Å². The lowest BCUT2D eigenvalue weighted by Crippen LogP contribution is -2.35. The third kappa shape index (κ3) is 4.85. The maximum Gasteiger partial charge on any atom is 0.404 e. The second kappa shape index (κ2) is 9.64. The van der Waals surface area contributed by atoms with Crippen molar-refractivity contribution in [3.05, 3.63) is 65.5 Å². The quantitative estimate of drug-likeness (QED) is 0.262. The third-order valence-electron chi connectivity index (χ3n) is 5.44. The topological polar surface area (TPSA) is 79.4 Å². The zero-order valence-electron chi connectivity index (χ0n) is 19.0. The minimum atomic E-state index is -4.37. The van der Waals surface area contributed by atoms with Crippen molar-refractivity contribution in [3.63, 3.8) is 0 Å². The molecule has 0 amide bonds. The van der Waals surface area contributed by atoms with Crippen LogP contribution in [-0.2, 0) is 6.42 Å². The summed E-state index contributed by atoms with van der Waals surface area (Å²) in [6, 6.07) is 8.39. The number of aryl methyl sites for hydroxylation is 2. The molecule has 3 heterocycles. The number of fused-ring (bicyclic) bond motifs is 1. The molecule has 0 aliphatic heterocycles. The lowest BCUT2D eigenvalue weighted by molar-refractivity contribution is -0.146. The number of nitriles is 1. The van der Waals surface area contributed by atoms with Gasteiger partial charge in [0.2, 0.25) is 0 Å². The summed E-state index contributed by atoms with van der Waals surface area (Å²) in [6.45, 7) is 4.60. The zero-order valence-corrected chi connectivity index (χ0v) is 19.8. The van der Waals surface area contributed by atoms with Gasteiger partial charge in [0.1, 0.15) is 29.6 Å². The molecule has 4 aromatic rings. The van der Waals surface area contributed by atoms with Crippen LogP contribution in [0.5, 0.6) is 0 Å². The van der Waals surface area contributed by atoms with E-state index in [2.05, 4.69) is 25.7 Å². The highest BCUT2D eigenvalue weighted by Gasteiger charge is 2.35. The SMILES string of the molecule is CCc1cc2c(cc1F)c(C#N)c(-c1ccc(SNC(C)C(F)(F)F)cn1)n2-c1ccnc(C)n1. The van der Waals surface area contributed by atoms with Gasteiger partial charge in [-0.25, -0.2) is 19.1 Å². The summed E-state index contributed by atoms with van der Waals surface area (Å²) in [4.78, 5) is 13.5. The summed E-state index contributed by atoms with van der Waals surface area (Å²) < 4.78 is 57.1. The Morgan fingerprint density at radius 2 is 1.97 bits per heavy atom. The summed E-state index contributed by atoms with van der Waals surface area (Å²) >= 11 is 0.809. The number of aromatic nitrogens is 4. The van der Waals surface area contributed by atoms with Crippen LogP contribution in [0, 0.1) is 24.1 Å². The Kier molecular flexibility index (Phi) is 6.78. The zero-order chi connectivity index (χ0) is 25.3. The van der Waals surface area contributed by atoms with Crippen molar-refractivity contribution in [2.75, 3.05) is 0 Å². The van der Waals surface area contributed by atoms with Crippen molar-refractivity contribution in [1.29, 1.82) is 5.26 Å². The summed E-state index contributed by atoms with van der Waals surface area (Å²) in [6.07, 6.45) is -0.904. The van der Waals surface area contributed by atoms with E-state index >= 15 is 0 Å². The van der Waals surface area contributed by atoms with Crippen LogP contribution in [-0.4, -0.2) is 31.7 Å². The Morgan fingerprint density at radius 1 is 1.20 bits per heavy atom. The van der Waals surface area contributed by atoms with Crippen LogP contribution < -0.4 is 4.72 Å². The second-order valence-corrected chi connectivity index (χ2v) is 8.72. The standard InChI is InChI=1S/C24H20F4N6S/c1-4-15-9-21-17(10-19(15)25)18(11-29)23(34(21)22-7-8-30-14(3)32-22)20-6-5-16(12-31-20)35-33-13(2)24(26,27)28/h5-10,12-13,33H,4H2,1-3H3. The van der Waals surface area contributed by atoms with Gasteiger partial charge in [-0.3, -0.25) is 9.55 Å². The molecule has 1 aromatic carbocycles. The number of rotatable bonds is 6. The van der Waals surface area contributed by atoms with E-state index < -0.39 is 18.0 Å². The summed E-state index contributed by atoms with van der Waals surface area (Å²) in [7, 11) is 0. The predicted molar refractivity (Wildman–Crippen MR) is 125 cm³/mol. The molecule has 11 heteroatoms. The van der Waals surface area contributed by atoms with Gasteiger partial charge in [-0.15, -0.1) is 0 Å². The Hall–Kier alpha value is -3.49. The van der Waals surface area contributed by atoms with Crippen LogP contribution in [0.4, 0.5) is 17.6 Å². The fourth-order valence-corrected chi connectivity index (χ4v) is 4.28. The van der Waals surface area contributed by atoms with Crippen molar-refractivity contribution in [2.24, 2.45) is 0 Å². The van der Waals surface area contributed by atoms with Crippen LogP contribution in [0.2, 0.25) is 0 Å². The maximum absolute atomic E-state index is 14.7. The Morgan fingerprint density at radius 3 is 2.57 bits per heavy atom. The molecule has 0 fully saturated rings. The average molecular weight is 501 g/mol. The van der Waals surface area contributed by atoms with Crippen LogP contribution in [0.25, 0.3) is 28.1 Å². The normalized spacial score (nSPS) is 12.6. The van der Waals surface area contributed by atoms with Gasteiger partial charge in [0, 0.05) is 22.7 Å². The number of hydrogen-bond acceptors (Lipinski definition) is 6. The Bertz CT molecular complexity index is 1420.